The molecule has 1 aliphatic rings. The number of aromatic nitrogens is 3. The van der Waals surface area contributed by atoms with E-state index in [0.717, 1.165) is 31.8 Å². The Bertz CT molecular complexity index is 669. The quantitative estimate of drug-likeness (QED) is 0.861. The number of fused-ring (bicyclic) bond motifs is 1. The minimum atomic E-state index is -0.112. The van der Waals surface area contributed by atoms with E-state index in [9.17, 15) is 4.79 Å². The molecule has 0 aliphatic carbocycles. The molecular formula is C16H23N5O2. The van der Waals surface area contributed by atoms with E-state index in [1.807, 2.05) is 0 Å². The lowest BCUT2D eigenvalue weighted by Gasteiger charge is -2.33. The normalized spacial score (nSPS) is 19.3. The van der Waals surface area contributed by atoms with Crippen LogP contribution in [0.15, 0.2) is 18.2 Å². The summed E-state index contributed by atoms with van der Waals surface area (Å²) in [6, 6.07) is 5.28. The minimum absolute atomic E-state index is 0.0437. The van der Waals surface area contributed by atoms with Gasteiger partial charge in [0.05, 0.1) is 12.7 Å². The van der Waals surface area contributed by atoms with Crippen molar-refractivity contribution in [2.75, 3.05) is 32.8 Å². The summed E-state index contributed by atoms with van der Waals surface area (Å²) in [5.41, 5.74) is 2.03. The zero-order valence-corrected chi connectivity index (χ0v) is 13.6. The lowest BCUT2D eigenvalue weighted by Crippen LogP contribution is -2.48. The van der Waals surface area contributed by atoms with Crippen LogP contribution in [0.4, 0.5) is 0 Å². The standard InChI is InChI=1S/C16H23N5O2/c1-11(2)9-21-5-6-23-13(10-21)8-17-16(22)12-3-4-14-15(7-12)19-20-18-14/h3-4,7,11,13H,5-6,8-10H2,1-2H3,(H,17,22)(H,18,19,20). The highest BCUT2D eigenvalue weighted by Crippen LogP contribution is 2.11. The molecule has 3 rings (SSSR count). The Morgan fingerprint density at radius 3 is 3.09 bits per heavy atom. The molecule has 7 nitrogen and oxygen atoms in total. The fourth-order valence-electron chi connectivity index (χ4n) is 2.88. The molecule has 0 bridgehead atoms. The maximum Gasteiger partial charge on any atom is 0.251 e. The van der Waals surface area contributed by atoms with Gasteiger partial charge in [-0.1, -0.05) is 13.8 Å². The van der Waals surface area contributed by atoms with Gasteiger partial charge in [0.2, 0.25) is 0 Å². The van der Waals surface area contributed by atoms with Gasteiger partial charge in [-0.2, -0.15) is 15.4 Å². The van der Waals surface area contributed by atoms with Gasteiger partial charge in [0, 0.05) is 31.7 Å². The molecule has 1 aliphatic heterocycles. The molecule has 2 heterocycles. The molecule has 7 heteroatoms. The average Bonchev–Trinajstić information content (AvgIpc) is 3.00. The van der Waals surface area contributed by atoms with Crippen molar-refractivity contribution in [3.8, 4) is 0 Å². The van der Waals surface area contributed by atoms with Crippen molar-refractivity contribution < 1.29 is 9.53 Å². The van der Waals surface area contributed by atoms with Gasteiger partial charge in [-0.15, -0.1) is 0 Å². The number of morpholine rings is 1. The predicted octanol–water partition coefficient (Wildman–Crippen LogP) is 1.04. The Balaban J connectivity index is 1.53. The first kappa shape index (κ1) is 15.9. The minimum Gasteiger partial charge on any atom is -0.374 e. The second-order valence-electron chi connectivity index (χ2n) is 6.38. The average molecular weight is 317 g/mol. The Morgan fingerprint density at radius 1 is 1.43 bits per heavy atom. The van der Waals surface area contributed by atoms with Gasteiger partial charge in [-0.25, -0.2) is 0 Å². The first-order valence-electron chi connectivity index (χ1n) is 8.04. The number of rotatable bonds is 5. The lowest BCUT2D eigenvalue weighted by atomic mass is 10.1. The smallest absolute Gasteiger partial charge is 0.251 e. The topological polar surface area (TPSA) is 83.1 Å². The molecular weight excluding hydrogens is 294 g/mol. The molecule has 124 valence electrons. The van der Waals surface area contributed by atoms with Crippen LogP contribution >= 0.6 is 0 Å². The summed E-state index contributed by atoms with van der Waals surface area (Å²) in [6.45, 7) is 8.56. The lowest BCUT2D eigenvalue weighted by molar-refractivity contribution is -0.0295. The zero-order valence-electron chi connectivity index (χ0n) is 13.6. The summed E-state index contributed by atoms with van der Waals surface area (Å²) < 4.78 is 5.75. The monoisotopic (exact) mass is 317 g/mol. The molecule has 0 saturated carbocycles. The number of carbonyl (C=O) groups is 1. The fraction of sp³-hybridized carbons (Fsp3) is 0.562. The molecule has 1 aromatic heterocycles. The van der Waals surface area contributed by atoms with Crippen LogP contribution in [0.5, 0.6) is 0 Å². The molecule has 0 spiro atoms. The van der Waals surface area contributed by atoms with Gasteiger partial charge in [-0.3, -0.25) is 9.69 Å². The second kappa shape index (κ2) is 7.06. The number of nitrogens with one attached hydrogen (secondary N) is 2. The van der Waals surface area contributed by atoms with Crippen LogP contribution in [-0.2, 0) is 4.74 Å². The number of nitrogens with zero attached hydrogens (tertiary/aromatic N) is 3. The highest BCUT2D eigenvalue weighted by molar-refractivity contribution is 5.97. The van der Waals surface area contributed by atoms with Crippen molar-refractivity contribution in [1.29, 1.82) is 0 Å². The summed E-state index contributed by atoms with van der Waals surface area (Å²) in [6.07, 6.45) is 0.0437. The Morgan fingerprint density at radius 2 is 2.26 bits per heavy atom. The first-order valence-corrected chi connectivity index (χ1v) is 8.04. The summed E-state index contributed by atoms with van der Waals surface area (Å²) in [5.74, 6) is 0.525. The van der Waals surface area contributed by atoms with Crippen LogP contribution in [0.3, 0.4) is 0 Å². The fourth-order valence-corrected chi connectivity index (χ4v) is 2.88. The van der Waals surface area contributed by atoms with Gasteiger partial charge >= 0.3 is 0 Å². The predicted molar refractivity (Wildman–Crippen MR) is 87.2 cm³/mol. The van der Waals surface area contributed by atoms with E-state index >= 15 is 0 Å². The molecule has 23 heavy (non-hydrogen) atoms. The molecule has 1 saturated heterocycles. The molecule has 2 N–H and O–H groups in total. The summed E-state index contributed by atoms with van der Waals surface area (Å²) in [5, 5.41) is 13.5. The molecule has 0 radical (unpaired) electrons. The Hall–Kier alpha value is -1.99. The van der Waals surface area contributed by atoms with E-state index in [-0.39, 0.29) is 12.0 Å². The van der Waals surface area contributed by atoms with Crippen LogP contribution in [0.25, 0.3) is 11.0 Å². The maximum atomic E-state index is 12.3. The van der Waals surface area contributed by atoms with E-state index in [1.165, 1.54) is 0 Å². The number of benzene rings is 1. The third kappa shape index (κ3) is 4.05. The zero-order chi connectivity index (χ0) is 16.2. The van der Waals surface area contributed by atoms with Crippen molar-refractivity contribution in [2.24, 2.45) is 5.92 Å². The van der Waals surface area contributed by atoms with Crippen LogP contribution in [0.1, 0.15) is 24.2 Å². The number of hydrogen-bond donors (Lipinski definition) is 2. The molecule has 1 unspecified atom stereocenters. The highest BCUT2D eigenvalue weighted by atomic mass is 16.5. The maximum absolute atomic E-state index is 12.3. The van der Waals surface area contributed by atoms with E-state index in [2.05, 4.69) is 39.5 Å². The van der Waals surface area contributed by atoms with Crippen LogP contribution in [0, 0.1) is 5.92 Å². The molecule has 1 amide bonds. The summed E-state index contributed by atoms with van der Waals surface area (Å²) in [4.78, 5) is 14.7. The third-order valence-electron chi connectivity index (χ3n) is 3.92. The number of carbonyl (C=O) groups excluding carboxylic acids is 1. The Kier molecular flexibility index (Phi) is 4.88. The van der Waals surface area contributed by atoms with Crippen LogP contribution in [-0.4, -0.2) is 65.1 Å². The number of H-pyrrole nitrogens is 1. The molecule has 2 aromatic rings. The number of hydrogen-bond acceptors (Lipinski definition) is 5. The first-order chi connectivity index (χ1) is 11.1. The van der Waals surface area contributed by atoms with Crippen LogP contribution < -0.4 is 5.32 Å². The van der Waals surface area contributed by atoms with Crippen LogP contribution in [0.2, 0.25) is 0 Å². The molecule has 1 atom stereocenters. The number of ether oxygens (including phenoxy) is 1. The van der Waals surface area contributed by atoms with Crippen molar-refractivity contribution >= 4 is 16.9 Å². The van der Waals surface area contributed by atoms with Crippen molar-refractivity contribution in [3.63, 3.8) is 0 Å². The molecule has 1 fully saturated rings. The van der Waals surface area contributed by atoms with Gasteiger partial charge in [-0.05, 0) is 24.1 Å². The van der Waals surface area contributed by atoms with E-state index in [4.69, 9.17) is 4.74 Å². The second-order valence-corrected chi connectivity index (χ2v) is 6.38. The Labute approximate surface area is 135 Å². The largest absolute Gasteiger partial charge is 0.374 e. The van der Waals surface area contributed by atoms with Crippen molar-refractivity contribution in [3.05, 3.63) is 23.8 Å². The van der Waals surface area contributed by atoms with Gasteiger partial charge in [0.1, 0.15) is 11.0 Å². The SMILES string of the molecule is CC(C)CN1CCOC(CNC(=O)c2ccc3n[nH]nc3c2)C1. The van der Waals surface area contributed by atoms with Crippen molar-refractivity contribution in [1.82, 2.24) is 25.6 Å². The van der Waals surface area contributed by atoms with Crippen molar-refractivity contribution in [2.45, 2.75) is 20.0 Å². The summed E-state index contributed by atoms with van der Waals surface area (Å²) in [7, 11) is 0. The number of amides is 1. The third-order valence-corrected chi connectivity index (χ3v) is 3.92. The molecule has 1 aromatic carbocycles. The van der Waals surface area contributed by atoms with Gasteiger partial charge in [0.15, 0.2) is 0 Å². The number of aromatic amines is 1. The van der Waals surface area contributed by atoms with Gasteiger partial charge < -0.3 is 10.1 Å². The summed E-state index contributed by atoms with van der Waals surface area (Å²) >= 11 is 0. The van der Waals surface area contributed by atoms with E-state index < -0.39 is 0 Å². The highest BCUT2D eigenvalue weighted by Gasteiger charge is 2.21. The van der Waals surface area contributed by atoms with Gasteiger partial charge in [0.25, 0.3) is 5.91 Å². The van der Waals surface area contributed by atoms with E-state index in [1.54, 1.807) is 18.2 Å². The van der Waals surface area contributed by atoms with E-state index in [0.29, 0.717) is 23.5 Å².